The molecule has 0 saturated heterocycles. The van der Waals surface area contributed by atoms with Crippen molar-refractivity contribution < 1.29 is 4.74 Å². The first-order chi connectivity index (χ1) is 9.20. The molecule has 1 aliphatic rings. The average Bonchev–Trinajstić information content (AvgIpc) is 2.75. The van der Waals surface area contributed by atoms with Crippen LogP contribution in [0.15, 0.2) is 24.3 Å². The van der Waals surface area contributed by atoms with Crippen molar-refractivity contribution in [2.24, 2.45) is 5.92 Å². The van der Waals surface area contributed by atoms with E-state index in [1.54, 1.807) is 7.11 Å². The third kappa shape index (κ3) is 2.12. The fraction of sp³-hybridized carbons (Fsp3) is 0.400. The highest BCUT2D eigenvalue weighted by Gasteiger charge is 2.24. The molecule has 4 heteroatoms. The van der Waals surface area contributed by atoms with E-state index in [1.807, 2.05) is 24.3 Å². The van der Waals surface area contributed by atoms with Crippen molar-refractivity contribution in [3.63, 3.8) is 0 Å². The molecule has 1 aromatic carbocycles. The zero-order valence-corrected chi connectivity index (χ0v) is 11.9. The number of aromatic nitrogens is 2. The third-order valence-electron chi connectivity index (χ3n) is 3.76. The molecule has 100 valence electrons. The summed E-state index contributed by atoms with van der Waals surface area (Å²) < 4.78 is 7.66. The van der Waals surface area contributed by atoms with Gasteiger partial charge in [0.2, 0.25) is 0 Å². The molecule has 0 N–H and O–H groups in total. The van der Waals surface area contributed by atoms with Crippen LogP contribution in [0.25, 0.3) is 11.4 Å². The summed E-state index contributed by atoms with van der Waals surface area (Å²) in [6.45, 7) is 3.24. The van der Waals surface area contributed by atoms with Crippen LogP contribution < -0.4 is 4.74 Å². The van der Waals surface area contributed by atoms with E-state index in [2.05, 4.69) is 16.5 Å². The van der Waals surface area contributed by atoms with Gasteiger partial charge in [-0.25, -0.2) is 4.98 Å². The number of benzene rings is 1. The zero-order chi connectivity index (χ0) is 13.4. The lowest BCUT2D eigenvalue weighted by molar-refractivity contribution is 0.410. The third-order valence-corrected chi connectivity index (χ3v) is 4.06. The summed E-state index contributed by atoms with van der Waals surface area (Å²) in [6, 6.07) is 7.95. The second-order valence-electron chi connectivity index (χ2n) is 5.12. The highest BCUT2D eigenvalue weighted by molar-refractivity contribution is 6.30. The van der Waals surface area contributed by atoms with Crippen LogP contribution in [-0.2, 0) is 13.0 Å². The van der Waals surface area contributed by atoms with Crippen molar-refractivity contribution in [2.75, 3.05) is 7.11 Å². The van der Waals surface area contributed by atoms with Gasteiger partial charge in [0.1, 0.15) is 11.6 Å². The topological polar surface area (TPSA) is 27.1 Å². The highest BCUT2D eigenvalue weighted by atomic mass is 35.5. The summed E-state index contributed by atoms with van der Waals surface area (Å²) in [5, 5.41) is 0.632. The van der Waals surface area contributed by atoms with Crippen molar-refractivity contribution in [3.8, 4) is 17.1 Å². The molecule has 2 aromatic rings. The maximum absolute atomic E-state index is 6.30. The molecule has 1 aliphatic heterocycles. The van der Waals surface area contributed by atoms with Gasteiger partial charge in [0.05, 0.1) is 18.4 Å². The lowest BCUT2D eigenvalue weighted by Gasteiger charge is -2.22. The number of rotatable bonds is 2. The standard InChI is InChI=1S/C15H17ClN2O/c1-10-7-8-18-12(9-10)14(16)17-15(18)11-5-3-4-6-13(11)19-2/h3-6,10H,7-9H2,1-2H3. The highest BCUT2D eigenvalue weighted by Crippen LogP contribution is 2.35. The maximum Gasteiger partial charge on any atom is 0.150 e. The predicted octanol–water partition coefficient (Wildman–Crippen LogP) is 3.79. The van der Waals surface area contributed by atoms with Crippen molar-refractivity contribution in [1.82, 2.24) is 9.55 Å². The minimum Gasteiger partial charge on any atom is -0.496 e. The Morgan fingerprint density at radius 3 is 2.95 bits per heavy atom. The Morgan fingerprint density at radius 1 is 1.37 bits per heavy atom. The fourth-order valence-corrected chi connectivity index (χ4v) is 2.97. The molecule has 19 heavy (non-hydrogen) atoms. The van der Waals surface area contributed by atoms with Gasteiger partial charge >= 0.3 is 0 Å². The first kappa shape index (κ1) is 12.5. The van der Waals surface area contributed by atoms with Crippen LogP contribution in [-0.4, -0.2) is 16.7 Å². The lowest BCUT2D eigenvalue weighted by Crippen LogP contribution is -2.17. The van der Waals surface area contributed by atoms with Gasteiger partial charge in [-0.15, -0.1) is 0 Å². The molecule has 0 amide bonds. The van der Waals surface area contributed by atoms with E-state index in [1.165, 1.54) is 6.42 Å². The minimum absolute atomic E-state index is 0.632. The van der Waals surface area contributed by atoms with Crippen molar-refractivity contribution in [2.45, 2.75) is 26.3 Å². The van der Waals surface area contributed by atoms with Gasteiger partial charge in [-0.05, 0) is 30.9 Å². The number of halogens is 1. The predicted molar refractivity (Wildman–Crippen MR) is 76.7 cm³/mol. The van der Waals surface area contributed by atoms with Gasteiger partial charge in [-0.2, -0.15) is 0 Å². The number of imidazole rings is 1. The Morgan fingerprint density at radius 2 is 2.16 bits per heavy atom. The first-order valence-electron chi connectivity index (χ1n) is 6.59. The van der Waals surface area contributed by atoms with Crippen molar-refractivity contribution in [1.29, 1.82) is 0 Å². The second-order valence-corrected chi connectivity index (χ2v) is 5.48. The normalized spacial score (nSPS) is 18.2. The van der Waals surface area contributed by atoms with Crippen LogP contribution in [0.1, 0.15) is 19.0 Å². The van der Waals surface area contributed by atoms with E-state index >= 15 is 0 Å². The molecule has 2 heterocycles. The summed E-state index contributed by atoms with van der Waals surface area (Å²) in [5.74, 6) is 2.43. The Bertz CT molecular complexity index is 606. The van der Waals surface area contributed by atoms with Crippen LogP contribution in [0, 0.1) is 5.92 Å². The number of methoxy groups -OCH3 is 1. The van der Waals surface area contributed by atoms with Crippen LogP contribution in [0.2, 0.25) is 5.15 Å². The van der Waals surface area contributed by atoms with Gasteiger partial charge in [-0.1, -0.05) is 30.7 Å². The molecule has 0 spiro atoms. The smallest absolute Gasteiger partial charge is 0.150 e. The fourth-order valence-electron chi connectivity index (χ4n) is 2.71. The molecule has 0 aliphatic carbocycles. The molecule has 0 bridgehead atoms. The largest absolute Gasteiger partial charge is 0.496 e. The van der Waals surface area contributed by atoms with E-state index in [9.17, 15) is 0 Å². The summed E-state index contributed by atoms with van der Waals surface area (Å²) in [4.78, 5) is 4.55. The van der Waals surface area contributed by atoms with Crippen LogP contribution in [0.4, 0.5) is 0 Å². The van der Waals surface area contributed by atoms with Crippen molar-refractivity contribution >= 4 is 11.6 Å². The van der Waals surface area contributed by atoms with Crippen LogP contribution in [0.5, 0.6) is 5.75 Å². The van der Waals surface area contributed by atoms with E-state index in [0.29, 0.717) is 11.1 Å². The van der Waals surface area contributed by atoms with Crippen LogP contribution in [0.3, 0.4) is 0 Å². The average molecular weight is 277 g/mol. The molecule has 3 rings (SSSR count). The summed E-state index contributed by atoms with van der Waals surface area (Å²) >= 11 is 6.30. The Labute approximate surface area is 118 Å². The van der Waals surface area contributed by atoms with Crippen LogP contribution >= 0.6 is 11.6 Å². The summed E-state index contributed by atoms with van der Waals surface area (Å²) in [5.41, 5.74) is 2.16. The maximum atomic E-state index is 6.30. The van der Waals surface area contributed by atoms with Gasteiger partial charge in [0.15, 0.2) is 5.15 Å². The molecular formula is C15H17ClN2O. The molecule has 1 atom stereocenters. The molecule has 0 fully saturated rings. The number of hydrogen-bond acceptors (Lipinski definition) is 2. The monoisotopic (exact) mass is 276 g/mol. The molecule has 0 saturated carbocycles. The summed E-state index contributed by atoms with van der Waals surface area (Å²) in [7, 11) is 1.68. The van der Waals surface area contributed by atoms with Gasteiger partial charge in [-0.3, -0.25) is 0 Å². The quantitative estimate of drug-likeness (QED) is 0.834. The SMILES string of the molecule is COc1ccccc1-c1nc(Cl)c2n1CCC(C)C2. The second kappa shape index (κ2) is 4.89. The van der Waals surface area contributed by atoms with E-state index < -0.39 is 0 Å². The minimum atomic E-state index is 0.632. The molecular weight excluding hydrogens is 260 g/mol. The van der Waals surface area contributed by atoms with Gasteiger partial charge < -0.3 is 9.30 Å². The molecule has 1 unspecified atom stereocenters. The van der Waals surface area contributed by atoms with E-state index in [-0.39, 0.29) is 0 Å². The molecule has 0 radical (unpaired) electrons. The molecule has 3 nitrogen and oxygen atoms in total. The number of hydrogen-bond donors (Lipinski definition) is 0. The Balaban J connectivity index is 2.14. The Kier molecular flexibility index (Phi) is 3.23. The number of ether oxygens (including phenoxy) is 1. The number of fused-ring (bicyclic) bond motifs is 1. The van der Waals surface area contributed by atoms with Crippen molar-refractivity contribution in [3.05, 3.63) is 35.1 Å². The summed E-state index contributed by atoms with van der Waals surface area (Å²) in [6.07, 6.45) is 2.17. The first-order valence-corrected chi connectivity index (χ1v) is 6.96. The van der Waals surface area contributed by atoms with Gasteiger partial charge in [0.25, 0.3) is 0 Å². The van der Waals surface area contributed by atoms with E-state index in [4.69, 9.17) is 16.3 Å². The number of para-hydroxylation sites is 1. The lowest BCUT2D eigenvalue weighted by atomic mass is 9.98. The van der Waals surface area contributed by atoms with Gasteiger partial charge in [0, 0.05) is 6.54 Å². The number of nitrogens with zero attached hydrogens (tertiary/aromatic N) is 2. The molecule has 1 aromatic heterocycles. The Hall–Kier alpha value is -1.48. The van der Waals surface area contributed by atoms with E-state index in [0.717, 1.165) is 35.8 Å². The zero-order valence-electron chi connectivity index (χ0n) is 11.2.